The van der Waals surface area contributed by atoms with Gasteiger partial charge in [-0.25, -0.2) is 9.86 Å². The molecule has 3 N–H and O–H groups in total. The second kappa shape index (κ2) is 7.58. The first-order valence-corrected chi connectivity index (χ1v) is 10.3. The predicted molar refractivity (Wildman–Crippen MR) is 101 cm³/mol. The van der Waals surface area contributed by atoms with E-state index in [2.05, 4.69) is 32.3 Å². The summed E-state index contributed by atoms with van der Waals surface area (Å²) in [4.78, 5) is 12.1. The summed E-state index contributed by atoms with van der Waals surface area (Å²) in [6, 6.07) is 5.32. The highest BCUT2D eigenvalue weighted by Gasteiger charge is 2.21. The van der Waals surface area contributed by atoms with Crippen molar-refractivity contribution in [1.82, 2.24) is 9.29 Å². The zero-order valence-electron chi connectivity index (χ0n) is 15.3. The van der Waals surface area contributed by atoms with E-state index < -0.39 is 16.1 Å². The Labute approximate surface area is 149 Å². The molecule has 0 fully saturated rings. The largest absolute Gasteiger partial charge is 0.345 e. The third-order valence-electron chi connectivity index (χ3n) is 4.72. The lowest BCUT2D eigenvalue weighted by Crippen LogP contribution is -2.35. The molecule has 1 unspecified atom stereocenters. The number of aryl methyl sites for hydroxylation is 1. The van der Waals surface area contributed by atoms with Crippen LogP contribution in [-0.4, -0.2) is 18.9 Å². The van der Waals surface area contributed by atoms with Crippen LogP contribution >= 0.6 is 0 Å². The van der Waals surface area contributed by atoms with E-state index in [1.807, 2.05) is 10.8 Å². The first kappa shape index (κ1) is 19.5. The maximum Gasteiger partial charge on any atom is 0.298 e. The lowest BCUT2D eigenvalue weighted by atomic mass is 9.90. The maximum atomic E-state index is 12.1. The van der Waals surface area contributed by atoms with Crippen LogP contribution in [0.2, 0.25) is 0 Å². The van der Waals surface area contributed by atoms with Gasteiger partial charge in [0.15, 0.2) is 0 Å². The van der Waals surface area contributed by atoms with Crippen LogP contribution in [0, 0.1) is 6.92 Å². The monoisotopic (exact) mass is 365 g/mol. The molecule has 6 nitrogen and oxygen atoms in total. The molecule has 0 aliphatic heterocycles. The summed E-state index contributed by atoms with van der Waals surface area (Å²) in [7, 11) is -4.07. The van der Waals surface area contributed by atoms with Crippen LogP contribution in [0.3, 0.4) is 0 Å². The van der Waals surface area contributed by atoms with Gasteiger partial charge in [0.05, 0.1) is 0 Å². The van der Waals surface area contributed by atoms with Gasteiger partial charge in [-0.2, -0.15) is 8.42 Å². The molecule has 7 heteroatoms. The second-order valence-electron chi connectivity index (χ2n) is 6.35. The van der Waals surface area contributed by atoms with Crippen LogP contribution < -0.4 is 9.86 Å². The van der Waals surface area contributed by atoms with Crippen molar-refractivity contribution < 1.29 is 13.2 Å². The number of fused-ring (bicyclic) bond motifs is 1. The van der Waals surface area contributed by atoms with Gasteiger partial charge in [-0.3, -0.25) is 4.79 Å². The molecule has 1 aromatic carbocycles. The van der Waals surface area contributed by atoms with Crippen LogP contribution in [-0.2, 0) is 16.8 Å². The standard InChI is InChI=1S/C18H27N3O3S/c1-5-8-13(6-2)17-12(4)21(7-3)16-11-14(9-10-15(16)17)18(22)20-25(19,23)24/h9-11,13H,5-8H2,1-4H3,(H,20,22)(H2,19,23,24). The van der Waals surface area contributed by atoms with Crippen molar-refractivity contribution in [1.29, 1.82) is 0 Å². The smallest absolute Gasteiger partial charge is 0.298 e. The molecular formula is C18H27N3O3S. The van der Waals surface area contributed by atoms with E-state index in [1.165, 1.54) is 11.3 Å². The first-order valence-electron chi connectivity index (χ1n) is 8.71. The third kappa shape index (κ3) is 4.04. The molecule has 0 spiro atoms. The third-order valence-corrected chi connectivity index (χ3v) is 5.19. The predicted octanol–water partition coefficient (Wildman–Crippen LogP) is 3.20. The minimum atomic E-state index is -4.07. The van der Waals surface area contributed by atoms with Crippen molar-refractivity contribution in [3.05, 3.63) is 35.0 Å². The fraction of sp³-hybridized carbons (Fsp3) is 0.500. The number of benzene rings is 1. The minimum absolute atomic E-state index is 0.281. The average molecular weight is 365 g/mol. The van der Waals surface area contributed by atoms with E-state index in [1.54, 1.807) is 12.1 Å². The van der Waals surface area contributed by atoms with Gasteiger partial charge in [0.25, 0.3) is 16.1 Å². The number of rotatable bonds is 7. The van der Waals surface area contributed by atoms with Crippen LogP contribution in [0.15, 0.2) is 18.2 Å². The minimum Gasteiger partial charge on any atom is -0.345 e. The maximum absolute atomic E-state index is 12.1. The average Bonchev–Trinajstić information content (AvgIpc) is 2.81. The Morgan fingerprint density at radius 3 is 2.48 bits per heavy atom. The summed E-state index contributed by atoms with van der Waals surface area (Å²) in [5, 5.41) is 6.03. The number of carbonyl (C=O) groups excluding carboxylic acids is 1. The molecule has 1 atom stereocenters. The molecule has 1 aromatic heterocycles. The van der Waals surface area contributed by atoms with Gasteiger partial charge < -0.3 is 4.57 Å². The number of nitrogens with zero attached hydrogens (tertiary/aromatic N) is 1. The van der Waals surface area contributed by atoms with E-state index in [-0.39, 0.29) is 5.56 Å². The van der Waals surface area contributed by atoms with Crippen molar-refractivity contribution in [2.45, 2.75) is 59.4 Å². The summed E-state index contributed by atoms with van der Waals surface area (Å²) >= 11 is 0. The van der Waals surface area contributed by atoms with Crippen LogP contribution in [0.5, 0.6) is 0 Å². The van der Waals surface area contributed by atoms with E-state index in [9.17, 15) is 13.2 Å². The van der Waals surface area contributed by atoms with Crippen LogP contribution in [0.1, 0.15) is 67.6 Å². The van der Waals surface area contributed by atoms with Crippen molar-refractivity contribution >= 4 is 27.0 Å². The molecule has 0 aliphatic rings. The molecule has 0 saturated heterocycles. The summed E-state index contributed by atoms with van der Waals surface area (Å²) in [6.07, 6.45) is 3.30. The van der Waals surface area contributed by atoms with Gasteiger partial charge in [-0.05, 0) is 50.3 Å². The Hall–Kier alpha value is -1.86. The molecule has 0 radical (unpaired) electrons. The highest BCUT2D eigenvalue weighted by atomic mass is 32.2. The number of hydrogen-bond donors (Lipinski definition) is 2. The number of amides is 1. The molecule has 1 heterocycles. The Morgan fingerprint density at radius 1 is 1.28 bits per heavy atom. The molecule has 25 heavy (non-hydrogen) atoms. The van der Waals surface area contributed by atoms with E-state index in [0.29, 0.717) is 5.92 Å². The molecule has 2 rings (SSSR count). The fourth-order valence-electron chi connectivity index (χ4n) is 3.66. The Balaban J connectivity index is 2.61. The van der Waals surface area contributed by atoms with Crippen molar-refractivity contribution in [2.75, 3.05) is 0 Å². The Morgan fingerprint density at radius 2 is 1.96 bits per heavy atom. The summed E-state index contributed by atoms with van der Waals surface area (Å²) < 4.78 is 26.2. The quantitative estimate of drug-likeness (QED) is 0.789. The molecule has 0 aliphatic carbocycles. The molecule has 2 aromatic rings. The Bertz CT molecular complexity index is 885. The lowest BCUT2D eigenvalue weighted by Gasteiger charge is -2.15. The van der Waals surface area contributed by atoms with Crippen molar-refractivity contribution in [3.8, 4) is 0 Å². The normalized spacial score (nSPS) is 13.2. The van der Waals surface area contributed by atoms with E-state index in [0.717, 1.165) is 36.7 Å². The molecule has 1 amide bonds. The van der Waals surface area contributed by atoms with Crippen LogP contribution in [0.25, 0.3) is 10.9 Å². The number of aromatic nitrogens is 1. The Kier molecular flexibility index (Phi) is 5.90. The zero-order valence-corrected chi connectivity index (χ0v) is 16.1. The van der Waals surface area contributed by atoms with Gasteiger partial charge in [-0.15, -0.1) is 0 Å². The number of nitrogens with two attached hydrogens (primary N) is 1. The highest BCUT2D eigenvalue weighted by Crippen LogP contribution is 2.36. The highest BCUT2D eigenvalue weighted by molar-refractivity contribution is 7.87. The number of carbonyl (C=O) groups is 1. The van der Waals surface area contributed by atoms with Gasteiger partial charge in [0, 0.05) is 28.7 Å². The van der Waals surface area contributed by atoms with Crippen molar-refractivity contribution in [3.63, 3.8) is 0 Å². The summed E-state index contributed by atoms with van der Waals surface area (Å²) in [5.74, 6) is -0.238. The topological polar surface area (TPSA) is 94.2 Å². The van der Waals surface area contributed by atoms with Gasteiger partial charge in [-0.1, -0.05) is 26.3 Å². The molecule has 138 valence electrons. The SMILES string of the molecule is CCCC(CC)c1c(C)n(CC)c2cc(C(=O)NS(N)(=O)=O)ccc12. The summed E-state index contributed by atoms with van der Waals surface area (Å²) in [6.45, 7) is 9.34. The zero-order chi connectivity index (χ0) is 18.8. The second-order valence-corrected chi connectivity index (χ2v) is 7.64. The number of nitrogens with one attached hydrogen (secondary N) is 1. The van der Waals surface area contributed by atoms with Crippen molar-refractivity contribution in [2.24, 2.45) is 5.14 Å². The van der Waals surface area contributed by atoms with Gasteiger partial charge >= 0.3 is 0 Å². The molecule has 0 saturated carbocycles. The summed E-state index contributed by atoms with van der Waals surface area (Å²) in [5.41, 5.74) is 3.77. The number of hydrogen-bond acceptors (Lipinski definition) is 3. The first-order chi connectivity index (χ1) is 11.7. The fourth-order valence-corrected chi connectivity index (χ4v) is 4.03. The van der Waals surface area contributed by atoms with Crippen LogP contribution in [0.4, 0.5) is 0 Å². The van der Waals surface area contributed by atoms with Gasteiger partial charge in [0.1, 0.15) is 0 Å². The molecule has 0 bridgehead atoms. The van der Waals surface area contributed by atoms with E-state index in [4.69, 9.17) is 5.14 Å². The lowest BCUT2D eigenvalue weighted by molar-refractivity contribution is 0.0981. The molecular weight excluding hydrogens is 338 g/mol. The van der Waals surface area contributed by atoms with E-state index >= 15 is 0 Å². The van der Waals surface area contributed by atoms with Gasteiger partial charge in [0.2, 0.25) is 0 Å².